The average Bonchev–Trinajstić information content (AvgIpc) is 2.89. The number of aryl methyl sites for hydroxylation is 1. The lowest BCUT2D eigenvalue weighted by atomic mass is 10.0. The zero-order valence-corrected chi connectivity index (χ0v) is 15.3. The van der Waals surface area contributed by atoms with Crippen molar-refractivity contribution in [1.82, 2.24) is 4.98 Å². The lowest BCUT2D eigenvalue weighted by Crippen LogP contribution is -2.01. The third-order valence-electron chi connectivity index (χ3n) is 4.50. The molecule has 1 aromatic carbocycles. The van der Waals surface area contributed by atoms with Crippen molar-refractivity contribution in [3.63, 3.8) is 0 Å². The topological polar surface area (TPSA) is 70.9 Å². The molecular weight excluding hydrogens is 317 g/mol. The van der Waals surface area contributed by atoms with Crippen molar-refractivity contribution in [2.24, 2.45) is 0 Å². The van der Waals surface area contributed by atoms with Crippen LogP contribution >= 0.6 is 0 Å². The van der Waals surface area contributed by atoms with Gasteiger partial charge in [0.05, 0.1) is 5.69 Å². The van der Waals surface area contributed by atoms with Crippen LogP contribution in [0.15, 0.2) is 12.1 Å². The average molecular weight is 343 g/mol. The number of hydrogen-bond acceptors (Lipinski definition) is 3. The van der Waals surface area contributed by atoms with Gasteiger partial charge in [0.25, 0.3) is 0 Å². The SMILES string of the molecule is CCCc1[nH]c(/C=C(\C=O)c2cc(F)c(N)cc2NC)c(C)c1CC. The Hall–Kier alpha value is -2.56. The quantitative estimate of drug-likeness (QED) is 0.398. The van der Waals surface area contributed by atoms with Gasteiger partial charge in [-0.25, -0.2) is 4.39 Å². The van der Waals surface area contributed by atoms with Gasteiger partial charge in [0.15, 0.2) is 6.29 Å². The second kappa shape index (κ2) is 8.01. The van der Waals surface area contributed by atoms with Gasteiger partial charge in [-0.1, -0.05) is 20.3 Å². The zero-order valence-electron chi connectivity index (χ0n) is 15.3. The highest BCUT2D eigenvalue weighted by atomic mass is 19.1. The van der Waals surface area contributed by atoms with E-state index in [4.69, 9.17) is 5.73 Å². The third-order valence-corrected chi connectivity index (χ3v) is 4.50. The highest BCUT2D eigenvalue weighted by molar-refractivity contribution is 6.15. The van der Waals surface area contributed by atoms with E-state index < -0.39 is 5.82 Å². The number of aldehydes is 1. The van der Waals surface area contributed by atoms with Gasteiger partial charge in [-0.2, -0.15) is 0 Å². The number of H-pyrrole nitrogens is 1. The summed E-state index contributed by atoms with van der Waals surface area (Å²) >= 11 is 0. The van der Waals surface area contributed by atoms with Crippen LogP contribution in [0.25, 0.3) is 11.6 Å². The molecule has 2 aromatic rings. The smallest absolute Gasteiger partial charge is 0.150 e. The summed E-state index contributed by atoms with van der Waals surface area (Å²) in [6, 6.07) is 2.80. The van der Waals surface area contributed by atoms with Crippen molar-refractivity contribution in [3.8, 4) is 0 Å². The molecule has 0 fully saturated rings. The predicted molar refractivity (Wildman–Crippen MR) is 103 cm³/mol. The summed E-state index contributed by atoms with van der Waals surface area (Å²) in [5.41, 5.74) is 11.7. The second-order valence-electron chi connectivity index (χ2n) is 6.11. The van der Waals surface area contributed by atoms with Crippen molar-refractivity contribution < 1.29 is 9.18 Å². The van der Waals surface area contributed by atoms with Gasteiger partial charge < -0.3 is 16.0 Å². The Kier molecular flexibility index (Phi) is 6.02. The first-order valence-electron chi connectivity index (χ1n) is 8.61. The fraction of sp³-hybridized carbons (Fsp3) is 0.350. The number of nitrogens with two attached hydrogens (primary N) is 1. The van der Waals surface area contributed by atoms with E-state index in [0.717, 1.165) is 36.8 Å². The summed E-state index contributed by atoms with van der Waals surface area (Å²) in [7, 11) is 1.72. The molecule has 1 heterocycles. The van der Waals surface area contributed by atoms with Crippen LogP contribution in [0.2, 0.25) is 0 Å². The molecule has 0 radical (unpaired) electrons. The van der Waals surface area contributed by atoms with Gasteiger partial charge >= 0.3 is 0 Å². The van der Waals surface area contributed by atoms with Crippen molar-refractivity contribution in [2.75, 3.05) is 18.1 Å². The van der Waals surface area contributed by atoms with Gasteiger partial charge in [0, 0.05) is 35.3 Å². The van der Waals surface area contributed by atoms with Crippen LogP contribution in [-0.2, 0) is 17.6 Å². The van der Waals surface area contributed by atoms with Crippen molar-refractivity contribution in [1.29, 1.82) is 0 Å². The molecule has 2 rings (SSSR count). The van der Waals surface area contributed by atoms with E-state index in [1.54, 1.807) is 13.1 Å². The number of aromatic amines is 1. The fourth-order valence-corrected chi connectivity index (χ4v) is 3.17. The molecule has 0 amide bonds. The summed E-state index contributed by atoms with van der Waals surface area (Å²) in [6.07, 6.45) is 5.47. The van der Waals surface area contributed by atoms with E-state index in [-0.39, 0.29) is 5.69 Å². The van der Waals surface area contributed by atoms with Crippen LogP contribution in [0.3, 0.4) is 0 Å². The molecule has 4 nitrogen and oxygen atoms in total. The van der Waals surface area contributed by atoms with Gasteiger partial charge in [0.1, 0.15) is 5.82 Å². The minimum atomic E-state index is -0.536. The third kappa shape index (κ3) is 3.76. The number of nitrogens with one attached hydrogen (secondary N) is 2. The lowest BCUT2D eigenvalue weighted by Gasteiger charge is -2.11. The second-order valence-corrected chi connectivity index (χ2v) is 6.11. The Balaban J connectivity index is 2.59. The molecule has 0 aliphatic rings. The summed E-state index contributed by atoms with van der Waals surface area (Å²) < 4.78 is 13.9. The maximum atomic E-state index is 13.9. The normalized spacial score (nSPS) is 11.6. The van der Waals surface area contributed by atoms with E-state index in [1.807, 2.05) is 6.92 Å². The Morgan fingerprint density at radius 3 is 2.64 bits per heavy atom. The Morgan fingerprint density at radius 1 is 1.36 bits per heavy atom. The van der Waals surface area contributed by atoms with Crippen LogP contribution in [-0.4, -0.2) is 18.3 Å². The van der Waals surface area contributed by atoms with Crippen LogP contribution in [0.4, 0.5) is 15.8 Å². The summed E-state index contributed by atoms with van der Waals surface area (Å²) in [6.45, 7) is 6.31. The summed E-state index contributed by atoms with van der Waals surface area (Å²) in [4.78, 5) is 15.1. The lowest BCUT2D eigenvalue weighted by molar-refractivity contribution is -0.103. The molecule has 0 bridgehead atoms. The zero-order chi connectivity index (χ0) is 18.6. The van der Waals surface area contributed by atoms with Crippen LogP contribution in [0, 0.1) is 12.7 Å². The maximum Gasteiger partial charge on any atom is 0.150 e. The number of anilines is 2. The first-order valence-corrected chi connectivity index (χ1v) is 8.61. The molecule has 0 aliphatic heterocycles. The summed E-state index contributed by atoms with van der Waals surface area (Å²) in [5, 5.41) is 2.97. The number of allylic oxidation sites excluding steroid dienone is 1. The van der Waals surface area contributed by atoms with Crippen molar-refractivity contribution in [2.45, 2.75) is 40.0 Å². The number of aromatic nitrogens is 1. The molecule has 5 heteroatoms. The van der Waals surface area contributed by atoms with E-state index in [9.17, 15) is 9.18 Å². The van der Waals surface area contributed by atoms with Gasteiger partial charge in [-0.3, -0.25) is 4.79 Å². The molecule has 0 saturated carbocycles. The molecule has 1 aromatic heterocycles. The fourth-order valence-electron chi connectivity index (χ4n) is 3.17. The number of benzene rings is 1. The molecule has 0 unspecified atom stereocenters. The highest BCUT2D eigenvalue weighted by Crippen LogP contribution is 2.30. The Morgan fingerprint density at radius 2 is 2.08 bits per heavy atom. The van der Waals surface area contributed by atoms with E-state index in [2.05, 4.69) is 24.1 Å². The summed E-state index contributed by atoms with van der Waals surface area (Å²) in [5.74, 6) is -0.536. The Labute approximate surface area is 148 Å². The van der Waals surface area contributed by atoms with Gasteiger partial charge in [-0.15, -0.1) is 0 Å². The van der Waals surface area contributed by atoms with Crippen LogP contribution in [0.1, 0.15) is 48.3 Å². The van der Waals surface area contributed by atoms with E-state index >= 15 is 0 Å². The van der Waals surface area contributed by atoms with E-state index in [0.29, 0.717) is 16.8 Å². The molecule has 0 aliphatic carbocycles. The predicted octanol–water partition coefficient (Wildman–Crippen LogP) is 4.34. The molecular formula is C20H26FN3O. The highest BCUT2D eigenvalue weighted by Gasteiger charge is 2.15. The van der Waals surface area contributed by atoms with Crippen LogP contribution in [0.5, 0.6) is 0 Å². The maximum absolute atomic E-state index is 13.9. The first kappa shape index (κ1) is 18.8. The molecule has 25 heavy (non-hydrogen) atoms. The number of hydrogen-bond donors (Lipinski definition) is 3. The minimum Gasteiger partial charge on any atom is -0.396 e. The van der Waals surface area contributed by atoms with Crippen molar-refractivity contribution >= 4 is 29.3 Å². The Bertz CT molecular complexity index is 806. The number of rotatable bonds is 7. The molecule has 0 spiro atoms. The monoisotopic (exact) mass is 343 g/mol. The minimum absolute atomic E-state index is 0.0490. The van der Waals surface area contributed by atoms with E-state index in [1.165, 1.54) is 23.4 Å². The van der Waals surface area contributed by atoms with Crippen LogP contribution < -0.4 is 11.1 Å². The standard InChI is InChI=1S/C20H26FN3O/c1-5-7-18-14(6-2)12(3)19(24-18)8-13(11-25)15-9-16(21)17(22)10-20(15)23-4/h8-11,23-24H,5-7,22H2,1-4H3/b13-8+. The van der Waals surface area contributed by atoms with Crippen molar-refractivity contribution in [3.05, 3.63) is 46.0 Å². The molecule has 0 saturated heterocycles. The number of halogens is 1. The number of carbonyl (C=O) groups is 1. The first-order chi connectivity index (χ1) is 12.0. The van der Waals surface area contributed by atoms with Gasteiger partial charge in [0.2, 0.25) is 0 Å². The molecule has 4 N–H and O–H groups in total. The molecule has 0 atom stereocenters. The largest absolute Gasteiger partial charge is 0.396 e. The number of nitrogen functional groups attached to an aromatic ring is 1. The van der Waals surface area contributed by atoms with Gasteiger partial charge in [-0.05, 0) is 49.1 Å². The number of carbonyl (C=O) groups excluding carboxylic acids is 1. The molecule has 134 valence electrons.